The molecule has 1 N–H and O–H groups in total. The van der Waals surface area contributed by atoms with Gasteiger partial charge < -0.3 is 0 Å². The van der Waals surface area contributed by atoms with Crippen LogP contribution in [-0.2, 0) is 0 Å². The molecule has 2 aromatic carbocycles. The number of carbonyl (C=O) groups excluding carboxylic acids is 1. The van der Waals surface area contributed by atoms with Crippen molar-refractivity contribution in [3.8, 4) is 0 Å². The molecule has 6 nitrogen and oxygen atoms in total. The summed E-state index contributed by atoms with van der Waals surface area (Å²) in [5.41, 5.74) is 3.48. The Morgan fingerprint density at radius 3 is 2.65 bits per heavy atom. The number of hydrogen-bond donors (Lipinski definition) is 1. The van der Waals surface area contributed by atoms with Crippen molar-refractivity contribution in [3.05, 3.63) is 80.9 Å². The van der Waals surface area contributed by atoms with Gasteiger partial charge in [0, 0.05) is 28.9 Å². The molecule has 0 aliphatic heterocycles. The molecule has 0 unspecified atom stereocenters. The molecule has 23 heavy (non-hydrogen) atoms. The summed E-state index contributed by atoms with van der Waals surface area (Å²) in [6.45, 7) is 0. The highest BCUT2D eigenvalue weighted by atomic mass is 35.5. The van der Waals surface area contributed by atoms with Crippen molar-refractivity contribution in [2.45, 2.75) is 0 Å². The number of hydrogen-bond acceptors (Lipinski definition) is 4. The first kappa shape index (κ1) is 16.4. The van der Waals surface area contributed by atoms with Gasteiger partial charge in [0.1, 0.15) is 0 Å². The molecule has 0 saturated heterocycles. The lowest BCUT2D eigenvalue weighted by Crippen LogP contribution is -2.17. The molecule has 0 aromatic heterocycles. The minimum absolute atomic E-state index is 0.0140. The van der Waals surface area contributed by atoms with Gasteiger partial charge in [0.25, 0.3) is 11.6 Å². The molecule has 0 radical (unpaired) electrons. The maximum Gasteiger partial charge on any atom is 0.271 e. The van der Waals surface area contributed by atoms with Gasteiger partial charge in [-0.2, -0.15) is 5.10 Å². The Morgan fingerprint density at radius 1 is 1.22 bits per heavy atom. The van der Waals surface area contributed by atoms with Gasteiger partial charge in [-0.15, -0.1) is 0 Å². The Kier molecular flexibility index (Phi) is 5.60. The van der Waals surface area contributed by atoms with Crippen molar-refractivity contribution in [2.24, 2.45) is 5.10 Å². The van der Waals surface area contributed by atoms with Crippen LogP contribution in [0.3, 0.4) is 0 Å². The normalized spacial score (nSPS) is 11.0. The smallest absolute Gasteiger partial charge is 0.267 e. The molecule has 2 aromatic rings. The van der Waals surface area contributed by atoms with Crippen molar-refractivity contribution >= 4 is 35.5 Å². The SMILES string of the molecule is O=C(NN=CC=Cc1cccc([N+](=O)[O-])c1)c1ccc(Cl)cc1. The van der Waals surface area contributed by atoms with Crippen LogP contribution in [0.25, 0.3) is 6.08 Å². The summed E-state index contributed by atoms with van der Waals surface area (Å²) in [4.78, 5) is 21.9. The van der Waals surface area contributed by atoms with E-state index in [2.05, 4.69) is 10.5 Å². The number of nitrogens with zero attached hydrogens (tertiary/aromatic N) is 2. The third-order valence-corrected chi connectivity index (χ3v) is 3.05. The van der Waals surface area contributed by atoms with Crippen LogP contribution in [0.1, 0.15) is 15.9 Å². The number of non-ortho nitro benzene ring substituents is 1. The second kappa shape index (κ2) is 7.86. The lowest BCUT2D eigenvalue weighted by molar-refractivity contribution is -0.384. The predicted octanol–water partition coefficient (Wildman–Crippen LogP) is 3.68. The van der Waals surface area contributed by atoms with E-state index in [1.807, 2.05) is 0 Å². The van der Waals surface area contributed by atoms with Gasteiger partial charge in [-0.25, -0.2) is 5.43 Å². The maximum atomic E-state index is 11.7. The third kappa shape index (κ3) is 5.05. The second-order valence-corrected chi connectivity index (χ2v) is 4.87. The minimum Gasteiger partial charge on any atom is -0.267 e. The molecule has 2 rings (SSSR count). The monoisotopic (exact) mass is 329 g/mol. The van der Waals surface area contributed by atoms with E-state index in [9.17, 15) is 14.9 Å². The minimum atomic E-state index is -0.461. The van der Waals surface area contributed by atoms with Gasteiger partial charge in [0.2, 0.25) is 0 Å². The average molecular weight is 330 g/mol. The molecular weight excluding hydrogens is 318 g/mol. The summed E-state index contributed by atoms with van der Waals surface area (Å²) >= 11 is 5.74. The molecule has 0 aliphatic carbocycles. The van der Waals surface area contributed by atoms with E-state index in [1.54, 1.807) is 48.6 Å². The molecule has 0 atom stereocenters. The number of carbonyl (C=O) groups is 1. The van der Waals surface area contributed by atoms with Crippen LogP contribution in [0.5, 0.6) is 0 Å². The molecule has 1 amide bonds. The fraction of sp³-hybridized carbons (Fsp3) is 0. The van der Waals surface area contributed by atoms with Gasteiger partial charge in [-0.1, -0.05) is 29.8 Å². The fourth-order valence-corrected chi connectivity index (χ4v) is 1.83. The van der Waals surface area contributed by atoms with Crippen molar-refractivity contribution in [2.75, 3.05) is 0 Å². The summed E-state index contributed by atoms with van der Waals surface area (Å²) in [6, 6.07) is 12.6. The number of nitro groups is 1. The predicted molar refractivity (Wildman–Crippen MR) is 89.5 cm³/mol. The lowest BCUT2D eigenvalue weighted by atomic mass is 10.2. The molecule has 7 heteroatoms. The number of hydrazone groups is 1. The van der Waals surface area contributed by atoms with E-state index >= 15 is 0 Å². The maximum absolute atomic E-state index is 11.7. The first-order chi connectivity index (χ1) is 11.1. The van der Waals surface area contributed by atoms with Gasteiger partial charge in [0.15, 0.2) is 0 Å². The molecular formula is C16H12ClN3O3. The molecule has 0 bridgehead atoms. The number of nitrogens with one attached hydrogen (secondary N) is 1. The van der Waals surface area contributed by atoms with E-state index < -0.39 is 4.92 Å². The highest BCUT2D eigenvalue weighted by molar-refractivity contribution is 6.30. The van der Waals surface area contributed by atoms with E-state index in [-0.39, 0.29) is 11.6 Å². The van der Waals surface area contributed by atoms with Crippen LogP contribution < -0.4 is 5.43 Å². The molecule has 0 heterocycles. The van der Waals surface area contributed by atoms with Crippen LogP contribution in [0.15, 0.2) is 59.7 Å². The van der Waals surface area contributed by atoms with Crippen LogP contribution in [0.2, 0.25) is 5.02 Å². The zero-order chi connectivity index (χ0) is 16.7. The first-order valence-electron chi connectivity index (χ1n) is 6.56. The van der Waals surface area contributed by atoms with Crippen LogP contribution in [0.4, 0.5) is 5.69 Å². The fourth-order valence-electron chi connectivity index (χ4n) is 1.70. The average Bonchev–Trinajstić information content (AvgIpc) is 2.55. The third-order valence-electron chi connectivity index (χ3n) is 2.80. The van der Waals surface area contributed by atoms with Crippen molar-refractivity contribution in [1.29, 1.82) is 0 Å². The van der Waals surface area contributed by atoms with Crippen LogP contribution in [-0.4, -0.2) is 17.0 Å². The molecule has 0 spiro atoms. The number of halogens is 1. The first-order valence-corrected chi connectivity index (χ1v) is 6.94. The summed E-state index contributed by atoms with van der Waals surface area (Å²) in [6.07, 6.45) is 4.60. The zero-order valence-corrected chi connectivity index (χ0v) is 12.6. The quantitative estimate of drug-likeness (QED) is 0.516. The largest absolute Gasteiger partial charge is 0.271 e. The number of rotatable bonds is 5. The Morgan fingerprint density at radius 2 is 1.96 bits per heavy atom. The van der Waals surface area contributed by atoms with E-state index in [1.165, 1.54) is 18.3 Å². The Hall–Kier alpha value is -2.99. The van der Waals surface area contributed by atoms with Crippen molar-refractivity contribution in [1.82, 2.24) is 5.43 Å². The highest BCUT2D eigenvalue weighted by Crippen LogP contribution is 2.13. The number of nitro benzene ring substituents is 1. The second-order valence-electron chi connectivity index (χ2n) is 4.44. The summed E-state index contributed by atoms with van der Waals surface area (Å²) in [5.74, 6) is -0.360. The Labute approximate surface area is 137 Å². The van der Waals surface area contributed by atoms with Gasteiger partial charge in [-0.05, 0) is 35.9 Å². The zero-order valence-electron chi connectivity index (χ0n) is 11.8. The molecule has 0 saturated carbocycles. The Bertz CT molecular complexity index is 770. The summed E-state index contributed by atoms with van der Waals surface area (Å²) in [7, 11) is 0. The Balaban J connectivity index is 1.91. The van der Waals surface area contributed by atoms with E-state index in [4.69, 9.17) is 11.6 Å². The van der Waals surface area contributed by atoms with Crippen molar-refractivity contribution < 1.29 is 9.72 Å². The summed E-state index contributed by atoms with van der Waals surface area (Å²) in [5, 5.41) is 15.0. The standard InChI is InChI=1S/C16H12ClN3O3/c17-14-8-6-13(7-9-14)16(21)19-18-10-2-4-12-3-1-5-15(11-12)20(22)23/h1-11H,(H,19,21). The highest BCUT2D eigenvalue weighted by Gasteiger charge is 2.03. The van der Waals surface area contributed by atoms with Crippen LogP contribution >= 0.6 is 11.6 Å². The molecule has 0 aliphatic rings. The number of amides is 1. The lowest BCUT2D eigenvalue weighted by Gasteiger charge is -1.98. The van der Waals surface area contributed by atoms with Gasteiger partial charge >= 0.3 is 0 Å². The van der Waals surface area contributed by atoms with Crippen LogP contribution in [0, 0.1) is 10.1 Å². The topological polar surface area (TPSA) is 84.6 Å². The van der Waals surface area contributed by atoms with Gasteiger partial charge in [-0.3, -0.25) is 14.9 Å². The molecule has 0 fully saturated rings. The summed E-state index contributed by atoms with van der Waals surface area (Å²) < 4.78 is 0. The van der Waals surface area contributed by atoms with Crippen molar-refractivity contribution in [3.63, 3.8) is 0 Å². The van der Waals surface area contributed by atoms with E-state index in [0.717, 1.165) is 0 Å². The number of benzene rings is 2. The van der Waals surface area contributed by atoms with E-state index in [0.29, 0.717) is 16.1 Å². The number of allylic oxidation sites excluding steroid dienone is 1. The molecule has 116 valence electrons. The van der Waals surface area contributed by atoms with Gasteiger partial charge in [0.05, 0.1) is 4.92 Å².